The average molecular weight is 101 g/mol. The SMILES string of the molecule is C[C](O)CC(C)C. The van der Waals surface area contributed by atoms with Gasteiger partial charge in [-0.05, 0) is 19.3 Å². The van der Waals surface area contributed by atoms with Crippen LogP contribution in [0.2, 0.25) is 0 Å². The van der Waals surface area contributed by atoms with Crippen LogP contribution in [-0.4, -0.2) is 5.11 Å². The van der Waals surface area contributed by atoms with E-state index in [-0.39, 0.29) is 0 Å². The Morgan fingerprint density at radius 1 is 1.57 bits per heavy atom. The summed E-state index contributed by atoms with van der Waals surface area (Å²) in [6, 6.07) is 0. The number of aliphatic hydroxyl groups is 1. The highest BCUT2D eigenvalue weighted by Gasteiger charge is 1.98. The molecule has 0 heterocycles. The lowest BCUT2D eigenvalue weighted by atomic mass is 10.1. The molecule has 1 radical (unpaired) electrons. The second-order valence-electron chi connectivity index (χ2n) is 2.33. The molecule has 1 heteroatoms. The molecule has 0 aliphatic heterocycles. The van der Waals surface area contributed by atoms with E-state index in [1.165, 1.54) is 0 Å². The van der Waals surface area contributed by atoms with Crippen molar-refractivity contribution in [3.8, 4) is 0 Å². The van der Waals surface area contributed by atoms with Crippen molar-refractivity contribution >= 4 is 0 Å². The van der Waals surface area contributed by atoms with Crippen molar-refractivity contribution in [2.75, 3.05) is 0 Å². The van der Waals surface area contributed by atoms with E-state index in [1.807, 2.05) is 0 Å². The number of hydrogen-bond acceptors (Lipinski definition) is 1. The van der Waals surface area contributed by atoms with Gasteiger partial charge in [-0.2, -0.15) is 0 Å². The molecule has 0 fully saturated rings. The van der Waals surface area contributed by atoms with Gasteiger partial charge < -0.3 is 5.11 Å². The van der Waals surface area contributed by atoms with Crippen LogP contribution in [0.1, 0.15) is 27.2 Å². The van der Waals surface area contributed by atoms with Crippen LogP contribution in [-0.2, 0) is 0 Å². The Kier molecular flexibility index (Phi) is 3.01. The summed E-state index contributed by atoms with van der Waals surface area (Å²) in [7, 11) is 0. The van der Waals surface area contributed by atoms with Gasteiger partial charge >= 0.3 is 0 Å². The van der Waals surface area contributed by atoms with Crippen LogP contribution >= 0.6 is 0 Å². The summed E-state index contributed by atoms with van der Waals surface area (Å²) in [4.78, 5) is 0. The van der Waals surface area contributed by atoms with Gasteiger partial charge in [-0.15, -0.1) is 0 Å². The third-order valence-electron chi connectivity index (χ3n) is 0.704. The van der Waals surface area contributed by atoms with Gasteiger partial charge in [-0.25, -0.2) is 0 Å². The van der Waals surface area contributed by atoms with Crippen molar-refractivity contribution in [3.05, 3.63) is 6.10 Å². The minimum absolute atomic E-state index is 0.537. The highest BCUT2D eigenvalue weighted by Crippen LogP contribution is 2.07. The van der Waals surface area contributed by atoms with Gasteiger partial charge in [0.2, 0.25) is 0 Å². The van der Waals surface area contributed by atoms with Crippen molar-refractivity contribution in [2.45, 2.75) is 27.2 Å². The van der Waals surface area contributed by atoms with Gasteiger partial charge in [-0.1, -0.05) is 13.8 Å². The molecule has 0 amide bonds. The predicted octanol–water partition coefficient (Wildman–Crippen LogP) is 1.96. The molecule has 1 nitrogen and oxygen atoms in total. The molecular weight excluding hydrogens is 88.1 g/mol. The number of hydrogen-bond donors (Lipinski definition) is 1. The van der Waals surface area contributed by atoms with Crippen molar-refractivity contribution in [3.63, 3.8) is 0 Å². The normalized spacial score (nSPS) is 11.1. The van der Waals surface area contributed by atoms with E-state index >= 15 is 0 Å². The Labute approximate surface area is 45.4 Å². The van der Waals surface area contributed by atoms with Crippen LogP contribution in [0.3, 0.4) is 0 Å². The zero-order valence-electron chi connectivity index (χ0n) is 5.23. The van der Waals surface area contributed by atoms with E-state index in [0.29, 0.717) is 12.0 Å². The van der Waals surface area contributed by atoms with Crippen molar-refractivity contribution in [2.24, 2.45) is 5.92 Å². The van der Waals surface area contributed by atoms with Crippen molar-refractivity contribution in [1.82, 2.24) is 0 Å². The minimum atomic E-state index is 0.537. The molecular formula is C6H13O. The Bertz CT molecular complexity index is 33.4. The van der Waals surface area contributed by atoms with Gasteiger partial charge in [-0.3, -0.25) is 0 Å². The molecule has 0 aromatic carbocycles. The van der Waals surface area contributed by atoms with Crippen LogP contribution in [0.5, 0.6) is 0 Å². The van der Waals surface area contributed by atoms with Gasteiger partial charge in [0.05, 0.1) is 6.10 Å². The molecule has 0 aromatic heterocycles. The molecule has 0 bridgehead atoms. The highest BCUT2D eigenvalue weighted by molar-refractivity contribution is 4.68. The van der Waals surface area contributed by atoms with E-state index in [9.17, 15) is 0 Å². The van der Waals surface area contributed by atoms with Crippen LogP contribution in [0.25, 0.3) is 0 Å². The largest absolute Gasteiger partial charge is 0.387 e. The summed E-state index contributed by atoms with van der Waals surface area (Å²) in [6.07, 6.45) is 1.37. The van der Waals surface area contributed by atoms with Gasteiger partial charge in [0.1, 0.15) is 0 Å². The quantitative estimate of drug-likeness (QED) is 0.563. The fourth-order valence-corrected chi connectivity index (χ4v) is 0.591. The van der Waals surface area contributed by atoms with E-state index in [2.05, 4.69) is 13.8 Å². The Morgan fingerprint density at radius 2 is 2.00 bits per heavy atom. The fraction of sp³-hybridized carbons (Fsp3) is 0.833. The lowest BCUT2D eigenvalue weighted by Gasteiger charge is -2.03. The summed E-state index contributed by atoms with van der Waals surface area (Å²) in [5.41, 5.74) is 0. The van der Waals surface area contributed by atoms with Crippen molar-refractivity contribution < 1.29 is 5.11 Å². The summed E-state index contributed by atoms with van der Waals surface area (Å²) in [6.45, 7) is 5.90. The van der Waals surface area contributed by atoms with Crippen LogP contribution < -0.4 is 0 Å². The van der Waals surface area contributed by atoms with E-state index in [1.54, 1.807) is 6.92 Å². The van der Waals surface area contributed by atoms with Gasteiger partial charge in [0.15, 0.2) is 0 Å². The minimum Gasteiger partial charge on any atom is -0.387 e. The molecule has 0 aliphatic rings. The molecule has 0 saturated heterocycles. The molecule has 0 rings (SSSR count). The first-order chi connectivity index (χ1) is 3.13. The standard InChI is InChI=1S/C6H13O/c1-5(2)4-6(3)7/h5,7H,4H2,1-3H3. The third-order valence-corrected chi connectivity index (χ3v) is 0.704. The lowest BCUT2D eigenvalue weighted by molar-refractivity contribution is 0.276. The highest BCUT2D eigenvalue weighted by atomic mass is 16.3. The fourth-order valence-electron chi connectivity index (χ4n) is 0.591. The molecule has 1 N–H and O–H groups in total. The van der Waals surface area contributed by atoms with E-state index in [0.717, 1.165) is 6.42 Å². The predicted molar refractivity (Wildman–Crippen MR) is 30.3 cm³/mol. The zero-order valence-corrected chi connectivity index (χ0v) is 5.23. The second-order valence-corrected chi connectivity index (χ2v) is 2.33. The Morgan fingerprint density at radius 3 is 2.00 bits per heavy atom. The maximum Gasteiger partial charge on any atom is 0.0905 e. The van der Waals surface area contributed by atoms with Crippen LogP contribution in [0.4, 0.5) is 0 Å². The smallest absolute Gasteiger partial charge is 0.0905 e. The molecule has 0 aromatic rings. The molecule has 0 atom stereocenters. The first kappa shape index (κ1) is 6.96. The number of rotatable bonds is 2. The molecule has 7 heavy (non-hydrogen) atoms. The molecule has 0 saturated carbocycles. The summed E-state index contributed by atoms with van der Waals surface area (Å²) < 4.78 is 0. The zero-order chi connectivity index (χ0) is 5.86. The summed E-state index contributed by atoms with van der Waals surface area (Å²) in [5.74, 6) is 0.588. The topological polar surface area (TPSA) is 20.2 Å². The van der Waals surface area contributed by atoms with Gasteiger partial charge in [0, 0.05) is 0 Å². The van der Waals surface area contributed by atoms with E-state index in [4.69, 9.17) is 5.11 Å². The maximum atomic E-state index is 8.64. The molecule has 43 valence electrons. The first-order valence-corrected chi connectivity index (χ1v) is 2.64. The first-order valence-electron chi connectivity index (χ1n) is 2.64. The third kappa shape index (κ3) is 5.96. The average Bonchev–Trinajstić information content (AvgIpc) is 1.27. The summed E-state index contributed by atoms with van der Waals surface area (Å²) in [5, 5.41) is 8.64. The maximum absolute atomic E-state index is 8.64. The van der Waals surface area contributed by atoms with E-state index < -0.39 is 0 Å². The van der Waals surface area contributed by atoms with Crippen LogP contribution in [0.15, 0.2) is 0 Å². The molecule has 0 spiro atoms. The van der Waals surface area contributed by atoms with Gasteiger partial charge in [0.25, 0.3) is 0 Å². The Balaban J connectivity index is 2.95. The lowest BCUT2D eigenvalue weighted by Crippen LogP contribution is -1.94. The second kappa shape index (κ2) is 3.03. The van der Waals surface area contributed by atoms with Crippen LogP contribution in [0, 0.1) is 12.0 Å². The number of aliphatic hydroxyl groups excluding tert-OH is 1. The monoisotopic (exact) mass is 101 g/mol. The Hall–Kier alpha value is -0.0400. The molecule has 0 unspecified atom stereocenters. The van der Waals surface area contributed by atoms with Crippen molar-refractivity contribution in [1.29, 1.82) is 0 Å². The molecule has 0 aliphatic carbocycles. The summed E-state index contributed by atoms with van der Waals surface area (Å²) >= 11 is 0.